The Morgan fingerprint density at radius 2 is 2.00 bits per heavy atom. The van der Waals surface area contributed by atoms with Crippen molar-refractivity contribution in [1.29, 1.82) is 0 Å². The molecule has 0 bridgehead atoms. The van der Waals surface area contributed by atoms with Gasteiger partial charge in [-0.1, -0.05) is 19.8 Å². The molecule has 0 aliphatic carbocycles. The molecule has 0 spiro atoms. The van der Waals surface area contributed by atoms with E-state index in [1.807, 2.05) is 6.92 Å². The van der Waals surface area contributed by atoms with Gasteiger partial charge in [0.1, 0.15) is 0 Å². The normalized spacial score (nSPS) is 13.4. The highest BCUT2D eigenvalue weighted by Crippen LogP contribution is 1.97. The molecule has 96 valence electrons. The van der Waals surface area contributed by atoms with Crippen LogP contribution in [-0.2, 0) is 14.8 Å². The maximum Gasteiger partial charge on any atom is 0.236 e. The Morgan fingerprint density at radius 1 is 1.38 bits per heavy atom. The Labute approximate surface area is 97.0 Å². The topological polar surface area (TPSA) is 101 Å². The number of nitrogens with two attached hydrogens (primary N) is 1. The lowest BCUT2D eigenvalue weighted by molar-refractivity contribution is -0.122. The number of hydrogen-bond acceptors (Lipinski definition) is 4. The van der Waals surface area contributed by atoms with Crippen LogP contribution in [0.2, 0.25) is 0 Å². The molecule has 4 N–H and O–H groups in total. The predicted octanol–water partition coefficient (Wildman–Crippen LogP) is -0.831. The largest absolute Gasteiger partial charge is 0.353 e. The second-order valence-electron chi connectivity index (χ2n) is 3.71. The van der Waals surface area contributed by atoms with Crippen LogP contribution in [0.25, 0.3) is 0 Å². The molecule has 7 heteroatoms. The molecule has 0 aromatic rings. The van der Waals surface area contributed by atoms with Gasteiger partial charge in [-0.25, -0.2) is 13.1 Å². The monoisotopic (exact) mass is 251 g/mol. The first kappa shape index (κ1) is 15.3. The van der Waals surface area contributed by atoms with Crippen molar-refractivity contribution in [3.8, 4) is 0 Å². The fourth-order valence-electron chi connectivity index (χ4n) is 1.11. The molecule has 0 radical (unpaired) electrons. The maximum absolute atomic E-state index is 11.4. The van der Waals surface area contributed by atoms with Crippen molar-refractivity contribution in [2.24, 2.45) is 5.73 Å². The highest BCUT2D eigenvalue weighted by atomic mass is 32.2. The summed E-state index contributed by atoms with van der Waals surface area (Å²) in [4.78, 5) is 11.4. The zero-order valence-corrected chi connectivity index (χ0v) is 10.6. The van der Waals surface area contributed by atoms with Crippen LogP contribution in [0.5, 0.6) is 0 Å². The molecule has 6 nitrogen and oxygen atoms in total. The molecule has 0 aliphatic rings. The third-order valence-electron chi connectivity index (χ3n) is 1.99. The van der Waals surface area contributed by atoms with Crippen LogP contribution in [0.3, 0.4) is 0 Å². The zero-order valence-electron chi connectivity index (χ0n) is 9.82. The third-order valence-corrected chi connectivity index (χ3v) is 2.72. The number of rotatable bonds is 8. The van der Waals surface area contributed by atoms with E-state index >= 15 is 0 Å². The lowest BCUT2D eigenvalue weighted by Crippen LogP contribution is -2.43. The number of carbonyl (C=O) groups is 1. The van der Waals surface area contributed by atoms with Crippen LogP contribution < -0.4 is 15.8 Å². The van der Waals surface area contributed by atoms with Crippen molar-refractivity contribution in [1.82, 2.24) is 10.0 Å². The molecule has 1 unspecified atom stereocenters. The van der Waals surface area contributed by atoms with Gasteiger partial charge in [-0.3, -0.25) is 4.79 Å². The second kappa shape index (κ2) is 7.59. The van der Waals surface area contributed by atoms with Crippen molar-refractivity contribution in [2.45, 2.75) is 32.2 Å². The molecule has 0 aromatic carbocycles. The summed E-state index contributed by atoms with van der Waals surface area (Å²) in [5, 5.41) is 2.57. The standard InChI is InChI=1S/C9H21N3O3S/c1-3-4-5-8(10)9(13)11-6-7-12-16(2,14)15/h8,12H,3-7,10H2,1-2H3,(H,11,13). The average molecular weight is 251 g/mol. The molecular weight excluding hydrogens is 230 g/mol. The van der Waals surface area contributed by atoms with E-state index in [1.165, 1.54) is 0 Å². The Bertz CT molecular complexity index is 303. The van der Waals surface area contributed by atoms with Crippen molar-refractivity contribution >= 4 is 15.9 Å². The predicted molar refractivity (Wildman–Crippen MR) is 63.4 cm³/mol. The Kier molecular flexibility index (Phi) is 7.27. The summed E-state index contributed by atoms with van der Waals surface area (Å²) in [6.07, 6.45) is 3.64. The highest BCUT2D eigenvalue weighted by Gasteiger charge is 2.11. The van der Waals surface area contributed by atoms with Gasteiger partial charge in [-0.15, -0.1) is 0 Å². The summed E-state index contributed by atoms with van der Waals surface area (Å²) >= 11 is 0. The van der Waals surface area contributed by atoms with Crippen molar-refractivity contribution in [3.63, 3.8) is 0 Å². The number of amides is 1. The molecule has 0 saturated carbocycles. The van der Waals surface area contributed by atoms with E-state index in [-0.39, 0.29) is 19.0 Å². The SMILES string of the molecule is CCCCC(N)C(=O)NCCNS(C)(=O)=O. The molecule has 0 aliphatic heterocycles. The Balaban J connectivity index is 3.65. The minimum Gasteiger partial charge on any atom is -0.353 e. The van der Waals surface area contributed by atoms with Gasteiger partial charge in [0, 0.05) is 13.1 Å². The molecular formula is C9H21N3O3S. The summed E-state index contributed by atoms with van der Waals surface area (Å²) in [5.74, 6) is -0.233. The fraction of sp³-hybridized carbons (Fsp3) is 0.889. The van der Waals surface area contributed by atoms with Crippen molar-refractivity contribution < 1.29 is 13.2 Å². The average Bonchev–Trinajstić information content (AvgIpc) is 2.19. The minimum absolute atomic E-state index is 0.186. The number of sulfonamides is 1. The van der Waals surface area contributed by atoms with Gasteiger partial charge < -0.3 is 11.1 Å². The van der Waals surface area contributed by atoms with Crippen LogP contribution in [0.4, 0.5) is 0 Å². The van der Waals surface area contributed by atoms with E-state index in [0.717, 1.165) is 19.1 Å². The van der Waals surface area contributed by atoms with Gasteiger partial charge in [0.05, 0.1) is 12.3 Å². The molecule has 0 heterocycles. The van der Waals surface area contributed by atoms with Crippen LogP contribution in [0.1, 0.15) is 26.2 Å². The number of nitrogens with one attached hydrogen (secondary N) is 2. The molecule has 0 fully saturated rings. The van der Waals surface area contributed by atoms with Crippen molar-refractivity contribution in [3.05, 3.63) is 0 Å². The minimum atomic E-state index is -3.19. The van der Waals surface area contributed by atoms with E-state index in [0.29, 0.717) is 6.42 Å². The van der Waals surface area contributed by atoms with Crippen LogP contribution >= 0.6 is 0 Å². The molecule has 16 heavy (non-hydrogen) atoms. The number of unbranched alkanes of at least 4 members (excludes halogenated alkanes) is 1. The summed E-state index contributed by atoms with van der Waals surface area (Å²) in [6.45, 7) is 2.47. The molecule has 0 aromatic heterocycles. The van der Waals surface area contributed by atoms with Crippen LogP contribution in [-0.4, -0.2) is 39.7 Å². The number of hydrogen-bond donors (Lipinski definition) is 3. The third kappa shape index (κ3) is 8.63. The van der Waals surface area contributed by atoms with Crippen LogP contribution in [0.15, 0.2) is 0 Å². The van der Waals surface area contributed by atoms with Gasteiger partial charge in [0.25, 0.3) is 0 Å². The summed E-state index contributed by atoms with van der Waals surface area (Å²) in [6, 6.07) is -0.502. The molecule has 1 atom stereocenters. The Hall–Kier alpha value is -0.660. The van der Waals surface area contributed by atoms with Gasteiger partial charge in [0.2, 0.25) is 15.9 Å². The van der Waals surface area contributed by atoms with E-state index in [2.05, 4.69) is 10.0 Å². The first-order chi connectivity index (χ1) is 7.37. The first-order valence-electron chi connectivity index (χ1n) is 5.34. The van der Waals surface area contributed by atoms with E-state index in [9.17, 15) is 13.2 Å². The highest BCUT2D eigenvalue weighted by molar-refractivity contribution is 7.88. The zero-order chi connectivity index (χ0) is 12.6. The summed E-state index contributed by atoms with van der Waals surface area (Å²) in [5.41, 5.74) is 5.62. The number of carbonyl (C=O) groups excluding carboxylic acids is 1. The lowest BCUT2D eigenvalue weighted by atomic mass is 10.1. The van der Waals surface area contributed by atoms with E-state index < -0.39 is 16.1 Å². The summed E-state index contributed by atoms with van der Waals surface area (Å²) in [7, 11) is -3.19. The van der Waals surface area contributed by atoms with Crippen molar-refractivity contribution in [2.75, 3.05) is 19.3 Å². The second-order valence-corrected chi connectivity index (χ2v) is 5.54. The first-order valence-corrected chi connectivity index (χ1v) is 7.24. The Morgan fingerprint density at radius 3 is 2.50 bits per heavy atom. The van der Waals surface area contributed by atoms with Gasteiger partial charge in [-0.2, -0.15) is 0 Å². The molecule has 1 amide bonds. The maximum atomic E-state index is 11.4. The molecule has 0 rings (SSSR count). The van der Waals surface area contributed by atoms with Crippen LogP contribution in [0, 0.1) is 0 Å². The smallest absolute Gasteiger partial charge is 0.236 e. The quantitative estimate of drug-likeness (QED) is 0.490. The van der Waals surface area contributed by atoms with Gasteiger partial charge in [0.15, 0.2) is 0 Å². The van der Waals surface area contributed by atoms with Gasteiger partial charge in [-0.05, 0) is 6.42 Å². The fourth-order valence-corrected chi connectivity index (χ4v) is 1.58. The molecule has 0 saturated heterocycles. The van der Waals surface area contributed by atoms with E-state index in [1.54, 1.807) is 0 Å². The van der Waals surface area contributed by atoms with E-state index in [4.69, 9.17) is 5.73 Å². The lowest BCUT2D eigenvalue weighted by Gasteiger charge is -2.11. The summed E-state index contributed by atoms with van der Waals surface area (Å²) < 4.78 is 23.7. The van der Waals surface area contributed by atoms with Gasteiger partial charge >= 0.3 is 0 Å².